The van der Waals surface area contributed by atoms with Gasteiger partial charge in [0.15, 0.2) is 0 Å². The van der Waals surface area contributed by atoms with Crippen LogP contribution in [0, 0.1) is 10.1 Å². The number of hydrogen-bond donors (Lipinski definition) is 0. The molecule has 0 atom stereocenters. The lowest BCUT2D eigenvalue weighted by molar-refractivity contribution is -0.385. The van der Waals surface area contributed by atoms with E-state index in [2.05, 4.69) is 0 Å². The second kappa shape index (κ2) is 4.61. The van der Waals surface area contributed by atoms with Gasteiger partial charge in [0.05, 0.1) is 10.5 Å². The third-order valence-electron chi connectivity index (χ3n) is 2.13. The summed E-state index contributed by atoms with van der Waals surface area (Å²) in [5, 5.41) is 10.3. The number of alkyl halides is 5. The standard InChI is InChI=1S/C8H3F6NO4S/c9-7(10,8(11,12)13)5-3-4(15(16)17)1-2-6(5)20(14,18)19/h1-3H. The minimum atomic E-state index is -6.25. The molecule has 0 N–H and O–H groups in total. The van der Waals surface area contributed by atoms with Gasteiger partial charge >= 0.3 is 22.3 Å². The lowest BCUT2D eigenvalue weighted by Crippen LogP contribution is -2.34. The summed E-state index contributed by atoms with van der Waals surface area (Å²) in [6.07, 6.45) is -6.25. The first-order chi connectivity index (χ1) is 8.78. The van der Waals surface area contributed by atoms with Crippen LogP contribution in [0.1, 0.15) is 5.56 Å². The number of nitro groups is 1. The highest BCUT2D eigenvalue weighted by atomic mass is 32.3. The van der Waals surface area contributed by atoms with Crippen molar-refractivity contribution in [1.29, 1.82) is 0 Å². The monoisotopic (exact) mass is 323 g/mol. The van der Waals surface area contributed by atoms with E-state index in [1.54, 1.807) is 0 Å². The molecule has 0 bridgehead atoms. The molecule has 0 fully saturated rings. The van der Waals surface area contributed by atoms with Crippen molar-refractivity contribution < 1.29 is 39.2 Å². The van der Waals surface area contributed by atoms with Crippen molar-refractivity contribution in [3.05, 3.63) is 33.9 Å². The number of hydrogen-bond acceptors (Lipinski definition) is 4. The highest BCUT2D eigenvalue weighted by molar-refractivity contribution is 7.86. The van der Waals surface area contributed by atoms with Crippen molar-refractivity contribution in [2.24, 2.45) is 0 Å². The molecule has 0 aliphatic rings. The van der Waals surface area contributed by atoms with Crippen LogP contribution in [0.4, 0.5) is 31.5 Å². The van der Waals surface area contributed by atoms with Gasteiger partial charge in [-0.25, -0.2) is 0 Å². The number of nitro benzene ring substituents is 1. The summed E-state index contributed by atoms with van der Waals surface area (Å²) in [6.45, 7) is 0. The van der Waals surface area contributed by atoms with Crippen LogP contribution in [-0.4, -0.2) is 19.5 Å². The lowest BCUT2D eigenvalue weighted by atomic mass is 10.1. The number of non-ortho nitro benzene ring substituents is 1. The van der Waals surface area contributed by atoms with Gasteiger partial charge in [-0.3, -0.25) is 10.1 Å². The average Bonchev–Trinajstić information content (AvgIpc) is 2.25. The summed E-state index contributed by atoms with van der Waals surface area (Å²) in [6, 6.07) is -0.0647. The van der Waals surface area contributed by atoms with E-state index in [-0.39, 0.29) is 12.1 Å². The molecule has 20 heavy (non-hydrogen) atoms. The van der Waals surface area contributed by atoms with Gasteiger partial charge in [-0.2, -0.15) is 30.4 Å². The molecule has 0 unspecified atom stereocenters. The Balaban J connectivity index is 3.73. The van der Waals surface area contributed by atoms with E-state index < -0.39 is 43.4 Å². The van der Waals surface area contributed by atoms with Crippen molar-refractivity contribution >= 4 is 15.9 Å². The fourth-order valence-corrected chi connectivity index (χ4v) is 1.92. The maximum absolute atomic E-state index is 13.1. The van der Waals surface area contributed by atoms with Crippen LogP contribution in [0.15, 0.2) is 23.1 Å². The Morgan fingerprint density at radius 3 is 1.95 bits per heavy atom. The molecule has 1 aromatic carbocycles. The quantitative estimate of drug-likeness (QED) is 0.371. The Morgan fingerprint density at radius 2 is 1.60 bits per heavy atom. The van der Waals surface area contributed by atoms with Crippen LogP contribution in [0.2, 0.25) is 0 Å². The molecule has 0 radical (unpaired) electrons. The molecular formula is C8H3F6NO4S. The van der Waals surface area contributed by atoms with E-state index >= 15 is 0 Å². The molecule has 0 aliphatic heterocycles. The minimum Gasteiger partial charge on any atom is -0.258 e. The molecule has 0 amide bonds. The summed E-state index contributed by atoms with van der Waals surface area (Å²) in [5.41, 5.74) is -3.59. The zero-order valence-electron chi connectivity index (χ0n) is 8.99. The van der Waals surface area contributed by atoms with Gasteiger partial charge in [-0.05, 0) is 6.07 Å². The fourth-order valence-electron chi connectivity index (χ4n) is 1.24. The molecule has 0 spiro atoms. The van der Waals surface area contributed by atoms with Crippen molar-refractivity contribution in [2.45, 2.75) is 17.0 Å². The largest absolute Gasteiger partial charge is 0.458 e. The zero-order chi connectivity index (χ0) is 15.9. The summed E-state index contributed by atoms with van der Waals surface area (Å²) in [5.74, 6) is -5.77. The third kappa shape index (κ3) is 2.84. The summed E-state index contributed by atoms with van der Waals surface area (Å²) in [7, 11) is -5.92. The molecule has 1 aromatic rings. The van der Waals surface area contributed by atoms with Crippen LogP contribution in [0.3, 0.4) is 0 Å². The fraction of sp³-hybridized carbons (Fsp3) is 0.250. The van der Waals surface area contributed by atoms with E-state index in [1.165, 1.54) is 0 Å². The second-order valence-corrected chi connectivity index (χ2v) is 4.76. The van der Waals surface area contributed by atoms with Gasteiger partial charge < -0.3 is 0 Å². The van der Waals surface area contributed by atoms with E-state index in [4.69, 9.17) is 0 Å². The van der Waals surface area contributed by atoms with E-state index in [0.717, 1.165) is 0 Å². The minimum absolute atomic E-state index is 0.0253. The summed E-state index contributed by atoms with van der Waals surface area (Å²) >= 11 is 0. The predicted molar refractivity (Wildman–Crippen MR) is 51.3 cm³/mol. The van der Waals surface area contributed by atoms with Gasteiger partial charge in [-0.1, -0.05) is 0 Å². The van der Waals surface area contributed by atoms with Crippen LogP contribution in [0.5, 0.6) is 0 Å². The molecule has 0 saturated carbocycles. The molecule has 0 saturated heterocycles. The number of halogens is 6. The number of rotatable bonds is 3. The summed E-state index contributed by atoms with van der Waals surface area (Å²) in [4.78, 5) is 7.02. The van der Waals surface area contributed by atoms with Gasteiger partial charge in [0.25, 0.3) is 5.69 Å². The zero-order valence-corrected chi connectivity index (χ0v) is 9.80. The highest BCUT2D eigenvalue weighted by Crippen LogP contribution is 2.47. The molecule has 112 valence electrons. The first-order valence-electron chi connectivity index (χ1n) is 4.46. The van der Waals surface area contributed by atoms with Crippen LogP contribution < -0.4 is 0 Å². The van der Waals surface area contributed by atoms with E-state index in [0.29, 0.717) is 6.07 Å². The van der Waals surface area contributed by atoms with Crippen molar-refractivity contribution in [3.63, 3.8) is 0 Å². The predicted octanol–water partition coefficient (Wildman–Crippen LogP) is 2.91. The second-order valence-electron chi connectivity index (χ2n) is 3.45. The molecule has 1 rings (SSSR count). The normalized spacial score (nSPS) is 13.3. The smallest absolute Gasteiger partial charge is 0.258 e. The van der Waals surface area contributed by atoms with E-state index in [1.807, 2.05) is 0 Å². The molecule has 0 aliphatic carbocycles. The van der Waals surface area contributed by atoms with Gasteiger partial charge in [0.1, 0.15) is 4.90 Å². The Kier molecular flexibility index (Phi) is 3.74. The first-order valence-corrected chi connectivity index (χ1v) is 5.85. The third-order valence-corrected chi connectivity index (χ3v) is 3.01. The topological polar surface area (TPSA) is 77.3 Å². The molecule has 0 heterocycles. The lowest BCUT2D eigenvalue weighted by Gasteiger charge is -2.21. The number of nitrogens with zero attached hydrogens (tertiary/aromatic N) is 1. The highest BCUT2D eigenvalue weighted by Gasteiger charge is 2.60. The number of benzene rings is 1. The van der Waals surface area contributed by atoms with Crippen LogP contribution in [-0.2, 0) is 16.1 Å². The Bertz CT molecular complexity index is 653. The van der Waals surface area contributed by atoms with Gasteiger partial charge in [0.2, 0.25) is 0 Å². The Morgan fingerprint density at radius 1 is 1.10 bits per heavy atom. The van der Waals surface area contributed by atoms with Crippen LogP contribution in [0.25, 0.3) is 0 Å². The average molecular weight is 323 g/mol. The van der Waals surface area contributed by atoms with Crippen molar-refractivity contribution in [3.8, 4) is 0 Å². The van der Waals surface area contributed by atoms with Crippen LogP contribution >= 0.6 is 0 Å². The molecule has 5 nitrogen and oxygen atoms in total. The van der Waals surface area contributed by atoms with Gasteiger partial charge in [-0.15, -0.1) is 3.89 Å². The molecule has 0 aromatic heterocycles. The maximum atomic E-state index is 13.1. The Hall–Kier alpha value is -1.85. The van der Waals surface area contributed by atoms with E-state index in [9.17, 15) is 44.4 Å². The SMILES string of the molecule is O=[N+]([O-])c1ccc(S(=O)(=O)F)c(C(F)(F)C(F)(F)F)c1. The van der Waals surface area contributed by atoms with Gasteiger partial charge in [0, 0.05) is 12.1 Å². The first kappa shape index (κ1) is 16.2. The Labute approximate surface area is 107 Å². The molecular weight excluding hydrogens is 320 g/mol. The summed E-state index contributed by atoms with van der Waals surface area (Å²) < 4.78 is 96.7. The van der Waals surface area contributed by atoms with Crippen molar-refractivity contribution in [2.75, 3.05) is 0 Å². The molecule has 12 heteroatoms. The van der Waals surface area contributed by atoms with Crippen molar-refractivity contribution in [1.82, 2.24) is 0 Å². The maximum Gasteiger partial charge on any atom is 0.458 e.